The van der Waals surface area contributed by atoms with Gasteiger partial charge in [0.2, 0.25) is 0 Å². The summed E-state index contributed by atoms with van der Waals surface area (Å²) in [7, 11) is 0. The maximum Gasteiger partial charge on any atom is 0.0847 e. The molecule has 2 atom stereocenters. The van der Waals surface area contributed by atoms with E-state index in [-0.39, 0.29) is 0 Å². The third kappa shape index (κ3) is 2.97. The highest BCUT2D eigenvalue weighted by Gasteiger charge is 2.17. The number of rotatable bonds is 2. The van der Waals surface area contributed by atoms with E-state index < -0.39 is 0 Å². The highest BCUT2D eigenvalue weighted by atomic mass is 14.8. The number of hydrogen-bond donors (Lipinski definition) is 0. The van der Waals surface area contributed by atoms with E-state index in [9.17, 15) is 0 Å². The molecule has 2 unspecified atom stereocenters. The molecule has 2 aliphatic rings. The Morgan fingerprint density at radius 2 is 1.35 bits per heavy atom. The molecule has 1 aromatic rings. The first-order chi connectivity index (χ1) is 9.72. The Bertz CT molecular complexity index is 500. The van der Waals surface area contributed by atoms with Crippen molar-refractivity contribution >= 4 is 11.4 Å². The topological polar surface area (TPSA) is 37.6 Å². The molecule has 0 N–H and O–H groups in total. The van der Waals surface area contributed by atoms with Crippen LogP contribution in [0.3, 0.4) is 0 Å². The predicted molar refractivity (Wildman–Crippen MR) is 83.8 cm³/mol. The molecule has 3 heteroatoms. The standard InChI is InChI=1S/C17H23N3/c1-12-6-8-14(18-10-12)16-4-3-5-17(20-16)15-9-7-13(2)11-19-15/h3-5,12-13H,6-11H2,1-2H3. The van der Waals surface area contributed by atoms with Crippen molar-refractivity contribution in [2.45, 2.75) is 39.5 Å². The van der Waals surface area contributed by atoms with Gasteiger partial charge in [0.15, 0.2) is 0 Å². The summed E-state index contributed by atoms with van der Waals surface area (Å²) >= 11 is 0. The zero-order valence-electron chi connectivity index (χ0n) is 12.5. The van der Waals surface area contributed by atoms with Crippen LogP contribution in [0.5, 0.6) is 0 Å². The molecule has 0 amide bonds. The van der Waals surface area contributed by atoms with Gasteiger partial charge in [-0.15, -0.1) is 0 Å². The Labute approximate surface area is 121 Å². The molecule has 0 fully saturated rings. The lowest BCUT2D eigenvalue weighted by Crippen LogP contribution is -2.18. The van der Waals surface area contributed by atoms with Crippen LogP contribution >= 0.6 is 0 Å². The lowest BCUT2D eigenvalue weighted by molar-refractivity contribution is 0.537. The van der Waals surface area contributed by atoms with Crippen molar-refractivity contribution in [2.24, 2.45) is 21.8 Å². The van der Waals surface area contributed by atoms with E-state index in [1.165, 1.54) is 24.3 Å². The molecule has 3 heterocycles. The van der Waals surface area contributed by atoms with E-state index in [1.807, 2.05) is 0 Å². The van der Waals surface area contributed by atoms with Gasteiger partial charge in [-0.2, -0.15) is 0 Å². The molecule has 0 aliphatic carbocycles. The zero-order valence-corrected chi connectivity index (χ0v) is 12.5. The summed E-state index contributed by atoms with van der Waals surface area (Å²) in [6.45, 7) is 6.42. The minimum Gasteiger partial charge on any atom is -0.287 e. The summed E-state index contributed by atoms with van der Waals surface area (Å²) in [6, 6.07) is 6.27. The summed E-state index contributed by atoms with van der Waals surface area (Å²) in [5.74, 6) is 1.43. The summed E-state index contributed by atoms with van der Waals surface area (Å²) < 4.78 is 0. The fourth-order valence-electron chi connectivity index (χ4n) is 2.81. The minimum absolute atomic E-state index is 0.714. The van der Waals surface area contributed by atoms with Crippen molar-refractivity contribution in [2.75, 3.05) is 13.1 Å². The molecular formula is C17H23N3. The quantitative estimate of drug-likeness (QED) is 0.809. The number of aromatic nitrogens is 1. The van der Waals surface area contributed by atoms with E-state index in [1.54, 1.807) is 0 Å². The molecule has 1 aromatic heterocycles. The van der Waals surface area contributed by atoms with Crippen LogP contribution in [0.1, 0.15) is 50.9 Å². The van der Waals surface area contributed by atoms with E-state index in [0.29, 0.717) is 11.8 Å². The Hall–Kier alpha value is -1.51. The van der Waals surface area contributed by atoms with Crippen LogP contribution in [0.2, 0.25) is 0 Å². The largest absolute Gasteiger partial charge is 0.287 e. The zero-order chi connectivity index (χ0) is 13.9. The molecule has 20 heavy (non-hydrogen) atoms. The van der Waals surface area contributed by atoms with Gasteiger partial charge in [-0.05, 0) is 49.7 Å². The Morgan fingerprint density at radius 1 is 0.850 bits per heavy atom. The minimum atomic E-state index is 0.714. The van der Waals surface area contributed by atoms with Crippen molar-refractivity contribution in [3.63, 3.8) is 0 Å². The summed E-state index contributed by atoms with van der Waals surface area (Å²) in [6.07, 6.45) is 4.56. The van der Waals surface area contributed by atoms with Crippen LogP contribution in [0.25, 0.3) is 0 Å². The lowest BCUT2D eigenvalue weighted by Gasteiger charge is -2.19. The highest BCUT2D eigenvalue weighted by molar-refractivity contribution is 6.02. The van der Waals surface area contributed by atoms with Gasteiger partial charge < -0.3 is 0 Å². The highest BCUT2D eigenvalue weighted by Crippen LogP contribution is 2.19. The molecule has 0 aromatic carbocycles. The van der Waals surface area contributed by atoms with Gasteiger partial charge in [0.05, 0.1) is 22.8 Å². The van der Waals surface area contributed by atoms with Gasteiger partial charge in [-0.3, -0.25) is 9.98 Å². The first kappa shape index (κ1) is 13.5. The monoisotopic (exact) mass is 269 g/mol. The number of aliphatic imine (C=N–C) groups is 2. The molecule has 0 bridgehead atoms. The molecule has 0 saturated carbocycles. The van der Waals surface area contributed by atoms with Crippen molar-refractivity contribution in [1.82, 2.24) is 4.98 Å². The summed E-state index contributed by atoms with van der Waals surface area (Å²) in [5, 5.41) is 0. The fourth-order valence-corrected chi connectivity index (χ4v) is 2.81. The first-order valence-corrected chi connectivity index (χ1v) is 7.77. The van der Waals surface area contributed by atoms with Crippen LogP contribution in [0, 0.1) is 11.8 Å². The Balaban J connectivity index is 1.83. The Morgan fingerprint density at radius 3 is 1.75 bits per heavy atom. The average Bonchev–Trinajstić information content (AvgIpc) is 2.49. The molecule has 0 radical (unpaired) electrons. The fraction of sp³-hybridized carbons (Fsp3) is 0.588. The molecule has 3 nitrogen and oxygen atoms in total. The second-order valence-electron chi connectivity index (χ2n) is 6.27. The number of hydrogen-bond acceptors (Lipinski definition) is 3. The van der Waals surface area contributed by atoms with Crippen molar-refractivity contribution in [1.29, 1.82) is 0 Å². The normalized spacial score (nSPS) is 26.9. The van der Waals surface area contributed by atoms with E-state index in [2.05, 4.69) is 32.0 Å². The predicted octanol–water partition coefficient (Wildman–Crippen LogP) is 3.52. The second-order valence-corrected chi connectivity index (χ2v) is 6.27. The molecule has 0 spiro atoms. The molecule has 0 saturated heterocycles. The van der Waals surface area contributed by atoms with Crippen molar-refractivity contribution in [3.05, 3.63) is 29.6 Å². The van der Waals surface area contributed by atoms with Gasteiger partial charge in [0.25, 0.3) is 0 Å². The molecular weight excluding hydrogens is 246 g/mol. The van der Waals surface area contributed by atoms with Gasteiger partial charge in [0.1, 0.15) is 0 Å². The third-order valence-electron chi connectivity index (χ3n) is 4.28. The Kier molecular flexibility index (Phi) is 3.95. The summed E-state index contributed by atoms with van der Waals surface area (Å²) in [5.41, 5.74) is 4.45. The average molecular weight is 269 g/mol. The summed E-state index contributed by atoms with van der Waals surface area (Å²) in [4.78, 5) is 14.2. The van der Waals surface area contributed by atoms with Crippen LogP contribution in [0.15, 0.2) is 28.2 Å². The molecule has 3 rings (SSSR count). The number of pyridine rings is 1. The SMILES string of the molecule is CC1CCC(c2cccc(C3=NCC(C)CC3)n2)=NC1. The van der Waals surface area contributed by atoms with Crippen LogP contribution in [-0.4, -0.2) is 29.5 Å². The molecule has 2 aliphatic heterocycles. The second kappa shape index (κ2) is 5.86. The van der Waals surface area contributed by atoms with Crippen LogP contribution < -0.4 is 0 Å². The van der Waals surface area contributed by atoms with Crippen molar-refractivity contribution < 1.29 is 0 Å². The first-order valence-electron chi connectivity index (χ1n) is 7.77. The van der Waals surface area contributed by atoms with Gasteiger partial charge >= 0.3 is 0 Å². The molecule has 106 valence electrons. The maximum absolute atomic E-state index is 4.81. The number of nitrogens with zero attached hydrogens (tertiary/aromatic N) is 3. The maximum atomic E-state index is 4.81. The smallest absolute Gasteiger partial charge is 0.0847 e. The van der Waals surface area contributed by atoms with Gasteiger partial charge in [-0.25, -0.2) is 4.98 Å². The van der Waals surface area contributed by atoms with Gasteiger partial charge in [-0.1, -0.05) is 19.9 Å². The van der Waals surface area contributed by atoms with Gasteiger partial charge in [0, 0.05) is 13.1 Å². The van der Waals surface area contributed by atoms with Crippen molar-refractivity contribution in [3.8, 4) is 0 Å². The van der Waals surface area contributed by atoms with Crippen LogP contribution in [0.4, 0.5) is 0 Å². The van der Waals surface area contributed by atoms with E-state index in [4.69, 9.17) is 15.0 Å². The van der Waals surface area contributed by atoms with E-state index >= 15 is 0 Å². The van der Waals surface area contributed by atoms with E-state index in [0.717, 1.165) is 37.3 Å². The third-order valence-corrected chi connectivity index (χ3v) is 4.28. The lowest BCUT2D eigenvalue weighted by atomic mass is 9.96. The van der Waals surface area contributed by atoms with Crippen LogP contribution in [-0.2, 0) is 0 Å².